The van der Waals surface area contributed by atoms with Crippen molar-refractivity contribution in [2.45, 2.75) is 67.2 Å². The van der Waals surface area contributed by atoms with Crippen LogP contribution in [0.2, 0.25) is 0 Å². The Morgan fingerprint density at radius 3 is 1.00 bits per heavy atom. The molecule has 4 N–H and O–H groups in total. The Morgan fingerprint density at radius 2 is 0.864 bits per heavy atom. The average molecular weight is 320 g/mol. The summed E-state index contributed by atoms with van der Waals surface area (Å²) in [6.45, 7) is 14.5. The first-order valence-corrected chi connectivity index (χ1v) is 7.53. The number of carboxylic acid groups (broad SMARTS) is 4. The Bertz CT molecular complexity index is 296. The largest absolute Gasteiger partial charge is 0.503 e. The Hall–Kier alpha value is -1.46. The SMILES string of the molecule is CC(C)(C)C1CCCCC1C(C)(C)C.O=C(O)O.O=C(O)O. The second-order valence-electron chi connectivity index (χ2n) is 7.79. The van der Waals surface area contributed by atoms with Gasteiger partial charge in [0.2, 0.25) is 0 Å². The Kier molecular flexibility index (Phi) is 9.89. The van der Waals surface area contributed by atoms with E-state index in [2.05, 4.69) is 41.5 Å². The molecule has 2 unspecified atom stereocenters. The third kappa shape index (κ3) is 12.3. The molecule has 1 aliphatic carbocycles. The van der Waals surface area contributed by atoms with Crippen molar-refractivity contribution in [3.8, 4) is 0 Å². The van der Waals surface area contributed by atoms with Crippen molar-refractivity contribution in [2.24, 2.45) is 22.7 Å². The van der Waals surface area contributed by atoms with Crippen LogP contribution in [0.1, 0.15) is 67.2 Å². The normalized spacial score (nSPS) is 21.5. The average Bonchev–Trinajstić information content (AvgIpc) is 2.25. The van der Waals surface area contributed by atoms with Crippen LogP contribution in [0.5, 0.6) is 0 Å². The molecule has 0 bridgehead atoms. The predicted octanol–water partition coefficient (Wildman–Crippen LogP) is 5.33. The minimum Gasteiger partial charge on any atom is -0.450 e. The Labute approximate surface area is 133 Å². The van der Waals surface area contributed by atoms with Crippen LogP contribution in [-0.4, -0.2) is 32.7 Å². The van der Waals surface area contributed by atoms with Gasteiger partial charge in [-0.25, -0.2) is 9.59 Å². The minimum atomic E-state index is -1.83. The van der Waals surface area contributed by atoms with Gasteiger partial charge in [0.1, 0.15) is 0 Å². The lowest BCUT2D eigenvalue weighted by Crippen LogP contribution is -2.38. The molecule has 0 amide bonds. The van der Waals surface area contributed by atoms with Crippen LogP contribution >= 0.6 is 0 Å². The second-order valence-corrected chi connectivity index (χ2v) is 7.79. The van der Waals surface area contributed by atoms with Crippen molar-refractivity contribution in [2.75, 3.05) is 0 Å². The number of rotatable bonds is 0. The van der Waals surface area contributed by atoms with E-state index in [0.717, 1.165) is 11.8 Å². The fourth-order valence-corrected chi connectivity index (χ4v) is 3.20. The summed E-state index contributed by atoms with van der Waals surface area (Å²) in [7, 11) is 0. The zero-order valence-corrected chi connectivity index (χ0v) is 14.6. The molecule has 0 aromatic carbocycles. The highest BCUT2D eigenvalue weighted by molar-refractivity contribution is 5.53. The van der Waals surface area contributed by atoms with E-state index >= 15 is 0 Å². The summed E-state index contributed by atoms with van der Waals surface area (Å²) in [5.74, 6) is 1.85. The lowest BCUT2D eigenvalue weighted by atomic mass is 9.59. The second kappa shape index (κ2) is 9.54. The molecular formula is C16H32O6. The summed E-state index contributed by atoms with van der Waals surface area (Å²) in [6.07, 6.45) is 2.14. The summed E-state index contributed by atoms with van der Waals surface area (Å²) in [5.41, 5.74) is 0.997. The van der Waals surface area contributed by atoms with Crippen molar-refractivity contribution >= 4 is 12.3 Å². The summed E-state index contributed by atoms with van der Waals surface area (Å²) >= 11 is 0. The topological polar surface area (TPSA) is 115 Å². The number of carbonyl (C=O) groups is 2. The van der Waals surface area contributed by atoms with Crippen LogP contribution in [0, 0.1) is 22.7 Å². The first-order chi connectivity index (χ1) is 9.69. The third-order valence-electron chi connectivity index (χ3n) is 3.99. The van der Waals surface area contributed by atoms with Crippen LogP contribution in [0.15, 0.2) is 0 Å². The van der Waals surface area contributed by atoms with Crippen LogP contribution in [0.3, 0.4) is 0 Å². The van der Waals surface area contributed by atoms with Gasteiger partial charge in [0.05, 0.1) is 0 Å². The maximum absolute atomic E-state index is 8.56. The van der Waals surface area contributed by atoms with Crippen molar-refractivity contribution in [3.05, 3.63) is 0 Å². The molecule has 0 aromatic rings. The van der Waals surface area contributed by atoms with Crippen molar-refractivity contribution in [1.82, 2.24) is 0 Å². The summed E-state index contributed by atoms with van der Waals surface area (Å²) in [4.78, 5) is 17.1. The zero-order chi connectivity index (χ0) is 18.1. The van der Waals surface area contributed by atoms with E-state index < -0.39 is 12.3 Å². The molecule has 132 valence electrons. The molecule has 22 heavy (non-hydrogen) atoms. The van der Waals surface area contributed by atoms with Crippen LogP contribution < -0.4 is 0 Å². The van der Waals surface area contributed by atoms with Crippen LogP contribution in [-0.2, 0) is 0 Å². The quantitative estimate of drug-likeness (QED) is 0.479. The standard InChI is InChI=1S/C14H28.2CH2O3/c1-13(2,3)11-9-7-8-10-12(11)14(4,5)6;2*2-1(3)4/h11-12H,7-10H2,1-6H3;2*(H2,2,3,4). The van der Waals surface area contributed by atoms with Gasteiger partial charge < -0.3 is 20.4 Å². The molecule has 6 nitrogen and oxygen atoms in total. The van der Waals surface area contributed by atoms with Gasteiger partial charge >= 0.3 is 12.3 Å². The molecule has 0 spiro atoms. The molecule has 0 aromatic heterocycles. The van der Waals surface area contributed by atoms with E-state index in [1.807, 2.05) is 0 Å². The Balaban J connectivity index is 0. The van der Waals surface area contributed by atoms with Gasteiger partial charge in [0.15, 0.2) is 0 Å². The summed E-state index contributed by atoms with van der Waals surface area (Å²) < 4.78 is 0. The summed E-state index contributed by atoms with van der Waals surface area (Å²) in [6, 6.07) is 0. The lowest BCUT2D eigenvalue weighted by molar-refractivity contribution is 0.0335. The van der Waals surface area contributed by atoms with Gasteiger partial charge in [-0.3, -0.25) is 0 Å². The van der Waals surface area contributed by atoms with E-state index in [1.54, 1.807) is 0 Å². The molecule has 1 saturated carbocycles. The lowest BCUT2D eigenvalue weighted by Gasteiger charge is -2.46. The smallest absolute Gasteiger partial charge is 0.450 e. The zero-order valence-electron chi connectivity index (χ0n) is 14.6. The molecule has 1 fully saturated rings. The molecule has 0 saturated heterocycles. The van der Waals surface area contributed by atoms with Gasteiger partial charge in [-0.1, -0.05) is 54.4 Å². The van der Waals surface area contributed by atoms with E-state index in [1.165, 1.54) is 25.7 Å². The van der Waals surface area contributed by atoms with Crippen molar-refractivity contribution in [3.63, 3.8) is 0 Å². The van der Waals surface area contributed by atoms with Gasteiger partial charge in [0, 0.05) is 0 Å². The molecule has 0 aliphatic heterocycles. The van der Waals surface area contributed by atoms with Crippen molar-refractivity contribution in [1.29, 1.82) is 0 Å². The first-order valence-electron chi connectivity index (χ1n) is 7.53. The molecule has 2 atom stereocenters. The maximum Gasteiger partial charge on any atom is 0.503 e. The highest BCUT2D eigenvalue weighted by Crippen LogP contribution is 2.48. The highest BCUT2D eigenvalue weighted by Gasteiger charge is 2.39. The van der Waals surface area contributed by atoms with Crippen LogP contribution in [0.4, 0.5) is 9.59 Å². The van der Waals surface area contributed by atoms with E-state index in [-0.39, 0.29) is 0 Å². The van der Waals surface area contributed by atoms with E-state index in [9.17, 15) is 0 Å². The highest BCUT2D eigenvalue weighted by atomic mass is 16.6. The van der Waals surface area contributed by atoms with Crippen LogP contribution in [0.25, 0.3) is 0 Å². The Morgan fingerprint density at radius 1 is 0.682 bits per heavy atom. The fraction of sp³-hybridized carbons (Fsp3) is 0.875. The van der Waals surface area contributed by atoms with Gasteiger partial charge in [-0.05, 0) is 35.5 Å². The predicted molar refractivity (Wildman–Crippen MR) is 85.7 cm³/mol. The molecule has 0 radical (unpaired) electrons. The molecule has 1 aliphatic rings. The van der Waals surface area contributed by atoms with Gasteiger partial charge in [0.25, 0.3) is 0 Å². The molecule has 6 heteroatoms. The molecular weight excluding hydrogens is 288 g/mol. The third-order valence-corrected chi connectivity index (χ3v) is 3.99. The monoisotopic (exact) mass is 320 g/mol. The van der Waals surface area contributed by atoms with E-state index in [4.69, 9.17) is 30.0 Å². The summed E-state index contributed by atoms with van der Waals surface area (Å²) in [5, 5.41) is 27.9. The minimum absolute atomic E-state index is 0.498. The van der Waals surface area contributed by atoms with Gasteiger partial charge in [-0.2, -0.15) is 0 Å². The molecule has 0 heterocycles. The van der Waals surface area contributed by atoms with Crippen molar-refractivity contribution < 1.29 is 30.0 Å². The van der Waals surface area contributed by atoms with Gasteiger partial charge in [-0.15, -0.1) is 0 Å². The number of hydrogen-bond donors (Lipinski definition) is 4. The first kappa shape index (κ1) is 22.8. The fourth-order valence-electron chi connectivity index (χ4n) is 3.20. The number of hydrogen-bond acceptors (Lipinski definition) is 2. The van der Waals surface area contributed by atoms with E-state index in [0.29, 0.717) is 10.8 Å². The maximum atomic E-state index is 8.56. The molecule has 1 rings (SSSR count).